The molecule has 0 N–H and O–H groups in total. The first-order valence-electron chi connectivity index (χ1n) is 9.09. The first kappa shape index (κ1) is 18.4. The molecule has 0 atom stereocenters. The maximum atomic E-state index is 12.4. The van der Waals surface area contributed by atoms with Gasteiger partial charge in [0, 0.05) is 11.6 Å². The fourth-order valence-electron chi connectivity index (χ4n) is 2.96. The van der Waals surface area contributed by atoms with Crippen molar-refractivity contribution in [3.63, 3.8) is 0 Å². The van der Waals surface area contributed by atoms with Crippen molar-refractivity contribution in [2.45, 2.75) is 0 Å². The minimum absolute atomic E-state index is 0.130. The van der Waals surface area contributed by atoms with E-state index in [-0.39, 0.29) is 5.88 Å². The van der Waals surface area contributed by atoms with Crippen LogP contribution in [0, 0.1) is 0 Å². The fraction of sp³-hybridized carbons (Fsp3) is 0.0417. The number of benzene rings is 3. The zero-order valence-electron chi connectivity index (χ0n) is 15.8. The van der Waals surface area contributed by atoms with Gasteiger partial charge in [-0.05, 0) is 29.3 Å². The van der Waals surface area contributed by atoms with Crippen LogP contribution in [0.25, 0.3) is 22.4 Å². The van der Waals surface area contributed by atoms with E-state index in [4.69, 9.17) is 9.47 Å². The van der Waals surface area contributed by atoms with E-state index in [1.807, 2.05) is 42.5 Å². The molecule has 0 amide bonds. The Hall–Kier alpha value is -3.99. The van der Waals surface area contributed by atoms with Crippen LogP contribution in [-0.2, 0) is 0 Å². The van der Waals surface area contributed by atoms with Crippen LogP contribution in [0.5, 0.6) is 11.6 Å². The van der Waals surface area contributed by atoms with Crippen molar-refractivity contribution in [3.8, 4) is 34.0 Å². The summed E-state index contributed by atoms with van der Waals surface area (Å²) in [7, 11) is 1.50. The van der Waals surface area contributed by atoms with Crippen LogP contribution in [-0.4, -0.2) is 23.3 Å². The van der Waals surface area contributed by atoms with Gasteiger partial charge in [0.2, 0.25) is 5.88 Å². The molecular weight excluding hydrogens is 364 g/mol. The first-order chi connectivity index (χ1) is 14.2. The van der Waals surface area contributed by atoms with E-state index < -0.39 is 5.97 Å². The highest BCUT2D eigenvalue weighted by atomic mass is 16.5. The molecular formula is C24H18N2O3. The van der Waals surface area contributed by atoms with Crippen LogP contribution >= 0.6 is 0 Å². The van der Waals surface area contributed by atoms with Gasteiger partial charge in [-0.1, -0.05) is 66.7 Å². The number of para-hydroxylation sites is 1. The molecule has 29 heavy (non-hydrogen) atoms. The standard InChI is InChI=1S/C24H18N2O3/c1-28-22-10-6-5-9-20(22)24(27)29-23-16-15-21(25-26-23)19-13-11-18(12-14-19)17-7-3-2-4-8-17/h2-16H,1H3. The number of carbonyl (C=O) groups excluding carboxylic acids is 1. The lowest BCUT2D eigenvalue weighted by Gasteiger charge is -2.08. The number of aromatic nitrogens is 2. The second kappa shape index (κ2) is 8.35. The Morgan fingerprint density at radius 1 is 0.690 bits per heavy atom. The summed E-state index contributed by atoms with van der Waals surface area (Å²) in [6.45, 7) is 0. The van der Waals surface area contributed by atoms with Gasteiger partial charge < -0.3 is 9.47 Å². The molecule has 0 saturated carbocycles. The second-order valence-electron chi connectivity index (χ2n) is 6.29. The molecule has 0 fully saturated rings. The van der Waals surface area contributed by atoms with Crippen molar-refractivity contribution in [1.82, 2.24) is 10.2 Å². The number of methoxy groups -OCH3 is 1. The molecule has 1 heterocycles. The average Bonchev–Trinajstić information content (AvgIpc) is 2.80. The molecule has 0 aliphatic heterocycles. The van der Waals surface area contributed by atoms with Crippen LogP contribution in [0.3, 0.4) is 0 Å². The topological polar surface area (TPSA) is 61.3 Å². The van der Waals surface area contributed by atoms with Gasteiger partial charge in [0.1, 0.15) is 11.3 Å². The Balaban J connectivity index is 1.48. The van der Waals surface area contributed by atoms with Crippen LogP contribution in [0.4, 0.5) is 0 Å². The van der Waals surface area contributed by atoms with Crippen molar-refractivity contribution in [2.75, 3.05) is 7.11 Å². The van der Waals surface area contributed by atoms with E-state index in [2.05, 4.69) is 22.3 Å². The Kier molecular flexibility index (Phi) is 5.29. The monoisotopic (exact) mass is 382 g/mol. The molecule has 0 spiro atoms. The van der Waals surface area contributed by atoms with E-state index in [1.165, 1.54) is 7.11 Å². The Bertz CT molecular complexity index is 1110. The molecule has 0 bridgehead atoms. The molecule has 0 unspecified atom stereocenters. The van der Waals surface area contributed by atoms with E-state index >= 15 is 0 Å². The van der Waals surface area contributed by atoms with E-state index in [1.54, 1.807) is 36.4 Å². The van der Waals surface area contributed by atoms with Gasteiger partial charge >= 0.3 is 5.97 Å². The molecule has 4 rings (SSSR count). The Labute approximate surface area is 168 Å². The molecule has 5 heteroatoms. The number of ether oxygens (including phenoxy) is 2. The smallest absolute Gasteiger partial charge is 0.348 e. The van der Waals surface area contributed by atoms with Crippen LogP contribution in [0.2, 0.25) is 0 Å². The van der Waals surface area contributed by atoms with Gasteiger partial charge in [-0.3, -0.25) is 0 Å². The molecule has 0 aliphatic rings. The quantitative estimate of drug-likeness (QED) is 0.453. The average molecular weight is 382 g/mol. The molecule has 4 aromatic rings. The Morgan fingerprint density at radius 3 is 2.03 bits per heavy atom. The predicted molar refractivity (Wildman–Crippen MR) is 111 cm³/mol. The number of nitrogens with zero attached hydrogens (tertiary/aromatic N) is 2. The fourth-order valence-corrected chi connectivity index (χ4v) is 2.96. The molecule has 142 valence electrons. The number of rotatable bonds is 5. The van der Waals surface area contributed by atoms with Gasteiger partial charge in [-0.15, -0.1) is 10.2 Å². The number of hydrogen-bond acceptors (Lipinski definition) is 5. The molecule has 5 nitrogen and oxygen atoms in total. The summed E-state index contributed by atoms with van der Waals surface area (Å²) in [6, 6.07) is 28.5. The minimum atomic E-state index is -0.545. The third kappa shape index (κ3) is 4.14. The summed E-state index contributed by atoms with van der Waals surface area (Å²) < 4.78 is 10.5. The molecule has 0 saturated heterocycles. The zero-order chi connectivity index (χ0) is 20.1. The highest BCUT2D eigenvalue weighted by Crippen LogP contribution is 2.24. The maximum Gasteiger partial charge on any atom is 0.348 e. The molecule has 1 aromatic heterocycles. The van der Waals surface area contributed by atoms with E-state index in [0.29, 0.717) is 17.0 Å². The van der Waals surface area contributed by atoms with E-state index in [0.717, 1.165) is 16.7 Å². The molecule has 3 aromatic carbocycles. The van der Waals surface area contributed by atoms with Crippen LogP contribution in [0.15, 0.2) is 91.0 Å². The first-order valence-corrected chi connectivity index (χ1v) is 9.09. The third-order valence-electron chi connectivity index (χ3n) is 4.45. The lowest BCUT2D eigenvalue weighted by molar-refractivity contribution is 0.0722. The zero-order valence-corrected chi connectivity index (χ0v) is 15.8. The summed E-state index contributed by atoms with van der Waals surface area (Å²) in [5, 5.41) is 8.20. The molecule has 0 radical (unpaired) electrons. The highest BCUT2D eigenvalue weighted by Gasteiger charge is 2.15. The van der Waals surface area contributed by atoms with Gasteiger partial charge in [0.25, 0.3) is 0 Å². The van der Waals surface area contributed by atoms with Crippen molar-refractivity contribution in [3.05, 3.63) is 96.6 Å². The molecule has 0 aliphatic carbocycles. The van der Waals surface area contributed by atoms with Gasteiger partial charge in [-0.2, -0.15) is 0 Å². The lowest BCUT2D eigenvalue weighted by Crippen LogP contribution is -2.11. The van der Waals surface area contributed by atoms with Gasteiger partial charge in [0.15, 0.2) is 0 Å². The summed E-state index contributed by atoms with van der Waals surface area (Å²) in [6.07, 6.45) is 0. The van der Waals surface area contributed by atoms with Crippen LogP contribution < -0.4 is 9.47 Å². The van der Waals surface area contributed by atoms with Gasteiger partial charge in [-0.25, -0.2) is 4.79 Å². The van der Waals surface area contributed by atoms with Crippen molar-refractivity contribution < 1.29 is 14.3 Å². The minimum Gasteiger partial charge on any atom is -0.496 e. The van der Waals surface area contributed by atoms with Crippen LogP contribution in [0.1, 0.15) is 10.4 Å². The predicted octanol–water partition coefficient (Wildman–Crippen LogP) is 5.04. The highest BCUT2D eigenvalue weighted by molar-refractivity contribution is 5.93. The summed E-state index contributed by atoms with van der Waals surface area (Å²) in [5.74, 6) is 0.0304. The number of carbonyl (C=O) groups is 1. The third-order valence-corrected chi connectivity index (χ3v) is 4.45. The maximum absolute atomic E-state index is 12.4. The second-order valence-corrected chi connectivity index (χ2v) is 6.29. The largest absolute Gasteiger partial charge is 0.496 e. The number of esters is 1. The Morgan fingerprint density at radius 2 is 1.34 bits per heavy atom. The normalized spacial score (nSPS) is 10.4. The summed E-state index contributed by atoms with van der Waals surface area (Å²) in [4.78, 5) is 12.4. The summed E-state index contributed by atoms with van der Waals surface area (Å²) >= 11 is 0. The van der Waals surface area contributed by atoms with Crippen molar-refractivity contribution >= 4 is 5.97 Å². The lowest BCUT2D eigenvalue weighted by atomic mass is 10.0. The number of hydrogen-bond donors (Lipinski definition) is 0. The summed E-state index contributed by atoms with van der Waals surface area (Å²) in [5.41, 5.74) is 4.24. The van der Waals surface area contributed by atoms with Crippen molar-refractivity contribution in [2.24, 2.45) is 0 Å². The van der Waals surface area contributed by atoms with E-state index in [9.17, 15) is 4.79 Å². The van der Waals surface area contributed by atoms with Crippen molar-refractivity contribution in [1.29, 1.82) is 0 Å². The van der Waals surface area contributed by atoms with Gasteiger partial charge in [0.05, 0.1) is 12.8 Å². The SMILES string of the molecule is COc1ccccc1C(=O)Oc1ccc(-c2ccc(-c3ccccc3)cc2)nn1.